The summed E-state index contributed by atoms with van der Waals surface area (Å²) in [5, 5.41) is 0. The summed E-state index contributed by atoms with van der Waals surface area (Å²) in [6, 6.07) is 94.2. The minimum absolute atomic E-state index is 0.400. The van der Waals surface area contributed by atoms with Crippen LogP contribution in [0.1, 0.15) is 55.6 Å². The molecule has 0 fully saturated rings. The van der Waals surface area contributed by atoms with Gasteiger partial charge in [-0.25, -0.2) is 17.6 Å². The van der Waals surface area contributed by atoms with Crippen molar-refractivity contribution in [2.24, 2.45) is 0 Å². The fourth-order valence-corrected chi connectivity index (χ4v) is 14.0. The zero-order chi connectivity index (χ0) is 61.8. The Morgan fingerprint density at radius 1 is 0.275 bits per heavy atom. The molecule has 13 aromatic carbocycles. The maximum absolute atomic E-state index is 16.2. The van der Waals surface area contributed by atoms with Gasteiger partial charge >= 0.3 is 0 Å². The van der Waals surface area contributed by atoms with Crippen LogP contribution in [0.4, 0.5) is 34.6 Å². The van der Waals surface area contributed by atoms with Crippen LogP contribution in [0, 0.1) is 23.3 Å². The molecule has 2 aliphatic carbocycles. The Hall–Kier alpha value is -11.5. The zero-order valence-corrected chi connectivity index (χ0v) is 49.1. The Morgan fingerprint density at radius 2 is 0.626 bits per heavy atom. The van der Waals surface area contributed by atoms with Gasteiger partial charge in [0.1, 0.15) is 46.3 Å². The van der Waals surface area contributed by atoms with Crippen molar-refractivity contribution < 1.29 is 27.0 Å². The summed E-state index contributed by atoms with van der Waals surface area (Å²) >= 11 is 0. The third-order valence-electron chi connectivity index (χ3n) is 17.9. The molecule has 0 saturated carbocycles. The molecule has 91 heavy (non-hydrogen) atoms. The van der Waals surface area contributed by atoms with Gasteiger partial charge in [0, 0.05) is 29.2 Å². The van der Waals surface area contributed by atoms with E-state index < -0.39 is 34.1 Å². The monoisotopic (exact) mass is 1190 g/mol. The van der Waals surface area contributed by atoms with E-state index in [1.54, 1.807) is 12.2 Å². The molecule has 7 heteroatoms. The topological polar surface area (TPSA) is 21.7 Å². The normalized spacial score (nSPS) is 15.0. The van der Waals surface area contributed by atoms with Crippen molar-refractivity contribution in [2.45, 2.75) is 10.8 Å². The van der Waals surface area contributed by atoms with Crippen LogP contribution in [-0.2, 0) is 10.8 Å². The third-order valence-corrected chi connectivity index (χ3v) is 17.9. The molecule has 2 atom stereocenters. The lowest BCUT2D eigenvalue weighted by atomic mass is 9.67. The molecule has 0 bridgehead atoms. The average molecular weight is 1190 g/mol. The highest BCUT2D eigenvalue weighted by Gasteiger charge is 2.49. The summed E-state index contributed by atoms with van der Waals surface area (Å²) in [5.41, 5.74) is 14.9. The van der Waals surface area contributed by atoms with Crippen LogP contribution in [0.2, 0.25) is 0 Å². The van der Waals surface area contributed by atoms with Crippen molar-refractivity contribution in [3.63, 3.8) is 0 Å². The average Bonchev–Trinajstić information content (AvgIpc) is 1.57. The highest BCUT2D eigenvalue weighted by atomic mass is 19.1. The second-order valence-electron chi connectivity index (χ2n) is 23.0. The van der Waals surface area contributed by atoms with Gasteiger partial charge in [-0.15, -0.1) is 0 Å². The standard InChI is InChI=1S/C84H55F4NO2/c1-3-54-25-35-69(36-26-54)90-71-39-29-58(30-40-71)83(60-46-62(85)50-63(86)47-60)79-23-12-10-21-75(79)77-43-33-67(52-81(77)83)89(66-18-14-17-57(45-66)74-20-9-8-19-73(74)56-15-6-5-7-16-56)68-34-44-78-76-22-11-13-24-80(76)84(82(78)53-68,61-48-64(87)51-65(88)49-61)59-31-41-72(42-32-59)91-70-37-27-55(4-2)28-38-70/h3-53H,1-2H2. The Balaban J connectivity index is 0.966. The van der Waals surface area contributed by atoms with Gasteiger partial charge in [-0.1, -0.05) is 201 Å². The maximum Gasteiger partial charge on any atom is 0.127 e. The minimum atomic E-state index is -1.28. The molecule has 436 valence electrons. The summed E-state index contributed by atoms with van der Waals surface area (Å²) in [6.07, 6.45) is 3.55. The molecule has 0 spiro atoms. The van der Waals surface area contributed by atoms with Crippen LogP contribution in [0.25, 0.3) is 56.7 Å². The highest BCUT2D eigenvalue weighted by molar-refractivity contribution is 5.94. The van der Waals surface area contributed by atoms with Crippen LogP contribution in [-0.4, -0.2) is 0 Å². The SMILES string of the molecule is C=Cc1ccc(Oc2ccc(C3(c4cc(F)cc(F)c4)c4ccccc4-c4ccc(N(c5cccc(-c6ccccc6-c6ccccc6)c5)c5ccc6c(c5)C(c5ccc(Oc7ccc(C=C)cc7)cc5)(c5cc(F)cc(F)c5)c5ccccc5-6)cc43)cc2)cc1. The molecule has 0 N–H and O–H groups in total. The molecule has 0 heterocycles. The van der Waals surface area contributed by atoms with Crippen molar-refractivity contribution in [1.82, 2.24) is 0 Å². The van der Waals surface area contributed by atoms with Crippen molar-refractivity contribution >= 4 is 29.2 Å². The first-order chi connectivity index (χ1) is 44.6. The number of hydrogen-bond acceptors (Lipinski definition) is 3. The van der Waals surface area contributed by atoms with Gasteiger partial charge in [0.15, 0.2) is 0 Å². The first kappa shape index (κ1) is 56.0. The van der Waals surface area contributed by atoms with E-state index in [2.05, 4.69) is 115 Å². The van der Waals surface area contributed by atoms with Gasteiger partial charge in [-0.3, -0.25) is 0 Å². The molecule has 13 aromatic rings. The number of ether oxygens (including phenoxy) is 2. The van der Waals surface area contributed by atoms with Crippen LogP contribution < -0.4 is 14.4 Å². The van der Waals surface area contributed by atoms with Gasteiger partial charge in [-0.2, -0.15) is 0 Å². The van der Waals surface area contributed by atoms with Gasteiger partial charge in [0.25, 0.3) is 0 Å². The maximum atomic E-state index is 16.2. The van der Waals surface area contributed by atoms with E-state index >= 15 is 17.6 Å². The van der Waals surface area contributed by atoms with Crippen molar-refractivity contribution in [2.75, 3.05) is 4.90 Å². The lowest BCUT2D eigenvalue weighted by molar-refractivity contribution is 0.482. The minimum Gasteiger partial charge on any atom is -0.457 e. The van der Waals surface area contributed by atoms with Crippen molar-refractivity contribution in [1.29, 1.82) is 0 Å². The number of anilines is 3. The van der Waals surface area contributed by atoms with E-state index in [1.165, 1.54) is 24.3 Å². The van der Waals surface area contributed by atoms with Crippen molar-refractivity contribution in [3.8, 4) is 67.5 Å². The fourth-order valence-electron chi connectivity index (χ4n) is 14.0. The summed E-state index contributed by atoms with van der Waals surface area (Å²) < 4.78 is 77.6. The van der Waals surface area contributed by atoms with E-state index in [9.17, 15) is 0 Å². The van der Waals surface area contributed by atoms with Crippen LogP contribution >= 0.6 is 0 Å². The molecular formula is C84H55F4NO2. The van der Waals surface area contributed by atoms with Gasteiger partial charge in [-0.05, 0) is 209 Å². The second kappa shape index (κ2) is 22.9. The molecule has 0 saturated heterocycles. The Labute approximate surface area is 526 Å². The smallest absolute Gasteiger partial charge is 0.127 e. The van der Waals surface area contributed by atoms with Gasteiger partial charge in [0.2, 0.25) is 0 Å². The number of halogens is 4. The second-order valence-corrected chi connectivity index (χ2v) is 23.0. The number of rotatable bonds is 15. The quantitative estimate of drug-likeness (QED) is 0.0955. The molecule has 2 aliphatic rings. The van der Waals surface area contributed by atoms with Crippen molar-refractivity contribution in [3.05, 3.63) is 389 Å². The number of fused-ring (bicyclic) bond motifs is 6. The van der Waals surface area contributed by atoms with E-state index in [-0.39, 0.29) is 0 Å². The third kappa shape index (κ3) is 9.70. The van der Waals surface area contributed by atoms with Gasteiger partial charge in [0.05, 0.1) is 10.8 Å². The lowest BCUT2D eigenvalue weighted by Gasteiger charge is -2.36. The highest BCUT2D eigenvalue weighted by Crippen LogP contribution is 2.60. The largest absolute Gasteiger partial charge is 0.457 e. The molecule has 3 nitrogen and oxygen atoms in total. The Kier molecular flexibility index (Phi) is 14.1. The van der Waals surface area contributed by atoms with E-state index in [0.717, 1.165) is 118 Å². The molecule has 0 aromatic heterocycles. The number of benzene rings is 13. The molecule has 15 rings (SSSR count). The summed E-state index contributed by atoms with van der Waals surface area (Å²) in [7, 11) is 0. The predicted molar refractivity (Wildman–Crippen MR) is 360 cm³/mol. The van der Waals surface area contributed by atoms with E-state index in [4.69, 9.17) is 9.47 Å². The van der Waals surface area contributed by atoms with Crippen LogP contribution in [0.3, 0.4) is 0 Å². The molecule has 2 unspecified atom stereocenters. The number of hydrogen-bond donors (Lipinski definition) is 0. The molecule has 0 aliphatic heterocycles. The molecular weight excluding hydrogens is 1130 g/mol. The first-order valence-corrected chi connectivity index (χ1v) is 30.1. The predicted octanol–water partition coefficient (Wildman–Crippen LogP) is 22.6. The Bertz CT molecular complexity index is 4670. The van der Waals surface area contributed by atoms with Gasteiger partial charge < -0.3 is 14.4 Å². The summed E-state index contributed by atoms with van der Waals surface area (Å²) in [5.74, 6) is -0.426. The molecule has 0 radical (unpaired) electrons. The summed E-state index contributed by atoms with van der Waals surface area (Å²) in [6.45, 7) is 7.78. The zero-order valence-electron chi connectivity index (χ0n) is 49.1. The first-order valence-electron chi connectivity index (χ1n) is 30.1. The Morgan fingerprint density at radius 3 is 1.05 bits per heavy atom. The van der Waals surface area contributed by atoms with E-state index in [0.29, 0.717) is 34.1 Å². The lowest BCUT2D eigenvalue weighted by Crippen LogP contribution is -2.29. The summed E-state index contributed by atoms with van der Waals surface area (Å²) in [4.78, 5) is 2.21. The number of nitrogens with zero attached hydrogens (tertiary/aromatic N) is 1. The fraction of sp³-hybridized carbons (Fsp3) is 0.0238. The van der Waals surface area contributed by atoms with Crippen LogP contribution in [0.5, 0.6) is 23.0 Å². The molecule has 0 amide bonds. The van der Waals surface area contributed by atoms with E-state index in [1.807, 2.05) is 164 Å². The van der Waals surface area contributed by atoms with Crippen LogP contribution in [0.15, 0.2) is 310 Å².